The Morgan fingerprint density at radius 2 is 0.946 bits per heavy atom. The number of pyridine rings is 1. The molecule has 0 radical (unpaired) electrons. The van der Waals surface area contributed by atoms with Gasteiger partial charge in [0.15, 0.2) is 5.58 Å². The Morgan fingerprint density at radius 3 is 1.62 bits per heavy atom. The van der Waals surface area contributed by atoms with Crippen molar-refractivity contribution in [2.45, 2.75) is 0 Å². The van der Waals surface area contributed by atoms with Crippen LogP contribution < -0.4 is 0 Å². The van der Waals surface area contributed by atoms with Crippen molar-refractivity contribution in [3.05, 3.63) is 182 Å². The second-order valence-electron chi connectivity index (χ2n) is 14.4. The molecule has 5 heteroatoms. The molecule has 0 bridgehead atoms. The Bertz CT molecular complexity index is 3520. The summed E-state index contributed by atoms with van der Waals surface area (Å²) in [6.07, 6.45) is 2.10. The summed E-state index contributed by atoms with van der Waals surface area (Å²) in [5, 5.41) is 6.73. The van der Waals surface area contributed by atoms with Crippen molar-refractivity contribution in [1.29, 1.82) is 0 Å². The van der Waals surface area contributed by atoms with Gasteiger partial charge in [0.2, 0.25) is 0 Å². The topological polar surface area (TPSA) is 56.2 Å². The van der Waals surface area contributed by atoms with E-state index >= 15 is 0 Å². The first-order valence-electron chi connectivity index (χ1n) is 18.9. The van der Waals surface area contributed by atoms with Crippen LogP contribution in [-0.4, -0.2) is 19.4 Å². The monoisotopic (exact) mass is 714 g/mol. The molecule has 5 nitrogen and oxygen atoms in total. The number of aromatic nitrogens is 4. The number of para-hydroxylation sites is 1. The molecule has 0 atom stereocenters. The number of benzene rings is 8. The van der Waals surface area contributed by atoms with E-state index in [0.717, 1.165) is 116 Å². The van der Waals surface area contributed by atoms with Gasteiger partial charge in [0.1, 0.15) is 11.2 Å². The van der Waals surface area contributed by atoms with Crippen LogP contribution in [0.3, 0.4) is 0 Å². The normalized spacial score (nSPS) is 11.9. The number of fused-ring (bicyclic) bond motifs is 12. The van der Waals surface area contributed by atoms with Crippen molar-refractivity contribution in [3.63, 3.8) is 0 Å². The van der Waals surface area contributed by atoms with Gasteiger partial charge in [-0.3, -0.25) is 4.40 Å². The van der Waals surface area contributed by atoms with Crippen molar-refractivity contribution in [1.82, 2.24) is 19.4 Å². The number of rotatable bonds is 4. The summed E-state index contributed by atoms with van der Waals surface area (Å²) in [7, 11) is 0. The first kappa shape index (κ1) is 30.8. The van der Waals surface area contributed by atoms with Crippen molar-refractivity contribution in [3.8, 4) is 44.8 Å². The fraction of sp³-hybridized carbons (Fsp3) is 0. The molecule has 0 spiro atoms. The summed E-state index contributed by atoms with van der Waals surface area (Å²) in [6, 6.07) is 61.6. The Labute approximate surface area is 320 Å². The highest BCUT2D eigenvalue weighted by atomic mass is 16.3. The Balaban J connectivity index is 1.14. The lowest BCUT2D eigenvalue weighted by Crippen LogP contribution is -1.97. The summed E-state index contributed by atoms with van der Waals surface area (Å²) < 4.78 is 8.55. The van der Waals surface area contributed by atoms with Crippen LogP contribution in [-0.2, 0) is 0 Å². The van der Waals surface area contributed by atoms with E-state index in [1.807, 2.05) is 24.3 Å². The van der Waals surface area contributed by atoms with Crippen LogP contribution in [0.15, 0.2) is 187 Å². The minimum absolute atomic E-state index is 0.839. The number of hydrogen-bond acceptors (Lipinski definition) is 4. The maximum atomic E-state index is 6.36. The zero-order chi connectivity index (χ0) is 36.7. The lowest BCUT2D eigenvalue weighted by molar-refractivity contribution is 0.666. The second kappa shape index (κ2) is 11.9. The molecule has 56 heavy (non-hydrogen) atoms. The average Bonchev–Trinajstić information content (AvgIpc) is 3.83. The third-order valence-corrected chi connectivity index (χ3v) is 11.2. The summed E-state index contributed by atoms with van der Waals surface area (Å²) in [4.78, 5) is 16.0. The largest absolute Gasteiger partial charge is 0.455 e. The van der Waals surface area contributed by atoms with Gasteiger partial charge in [0.05, 0.1) is 39.7 Å². The van der Waals surface area contributed by atoms with Crippen LogP contribution in [0.4, 0.5) is 0 Å². The molecule has 0 saturated heterocycles. The molecule has 0 fully saturated rings. The van der Waals surface area contributed by atoms with E-state index in [1.54, 1.807) is 0 Å². The molecule has 0 amide bonds. The second-order valence-corrected chi connectivity index (χ2v) is 14.4. The summed E-state index contributed by atoms with van der Waals surface area (Å²) in [5.74, 6) is 0. The van der Waals surface area contributed by atoms with Gasteiger partial charge < -0.3 is 4.42 Å². The first-order valence-corrected chi connectivity index (χ1v) is 18.9. The molecule has 0 unspecified atom stereocenters. The molecule has 0 saturated carbocycles. The number of nitrogens with zero attached hydrogens (tertiary/aromatic N) is 4. The molecule has 12 aromatic rings. The van der Waals surface area contributed by atoms with Crippen molar-refractivity contribution >= 4 is 71.2 Å². The maximum Gasteiger partial charge on any atom is 0.152 e. The molecule has 0 aliphatic carbocycles. The minimum atomic E-state index is 0.839. The average molecular weight is 715 g/mol. The predicted molar refractivity (Wildman–Crippen MR) is 230 cm³/mol. The molecule has 4 heterocycles. The fourth-order valence-corrected chi connectivity index (χ4v) is 8.56. The van der Waals surface area contributed by atoms with Gasteiger partial charge in [-0.2, -0.15) is 0 Å². The van der Waals surface area contributed by atoms with E-state index in [-0.39, 0.29) is 0 Å². The van der Waals surface area contributed by atoms with E-state index in [9.17, 15) is 0 Å². The van der Waals surface area contributed by atoms with Gasteiger partial charge in [-0.15, -0.1) is 0 Å². The van der Waals surface area contributed by atoms with Gasteiger partial charge in [0, 0.05) is 32.7 Å². The lowest BCUT2D eigenvalue weighted by Gasteiger charge is -2.16. The van der Waals surface area contributed by atoms with Crippen LogP contribution >= 0.6 is 0 Å². The minimum Gasteiger partial charge on any atom is -0.455 e. The standard InChI is InChI=1S/C51H30N4O/c1-4-14-31(15-5-1)39-27-43-44(53-49(33-18-8-3-9-19-33)48(52-43)32-16-6-2-7-17-32)28-40(39)34-24-25-38-41(26-34)35-20-10-11-22-37(35)50-51(38)55-30-46-42(29-47(55)54-50)36-21-12-13-23-45(36)56-46/h1-30H. The van der Waals surface area contributed by atoms with E-state index in [2.05, 4.69) is 162 Å². The SMILES string of the molecule is c1ccc(-c2cc3nc(-c4ccccc4)c(-c4ccccc4)nc3cc2-c2ccc3c(c2)c2ccccc2c2nc4cc5c(cn4c32)oc2ccccc25)cc1. The zero-order valence-corrected chi connectivity index (χ0v) is 30.0. The molecule has 260 valence electrons. The molecular formula is C51H30N4O. The first-order chi connectivity index (χ1) is 27.7. The predicted octanol–water partition coefficient (Wildman–Crippen LogP) is 13.3. The van der Waals surface area contributed by atoms with Crippen LogP contribution in [0.2, 0.25) is 0 Å². The van der Waals surface area contributed by atoms with Crippen LogP contribution in [0.25, 0.3) is 116 Å². The van der Waals surface area contributed by atoms with Crippen molar-refractivity contribution in [2.24, 2.45) is 0 Å². The van der Waals surface area contributed by atoms with Gasteiger partial charge in [-0.25, -0.2) is 15.0 Å². The molecule has 8 aromatic carbocycles. The van der Waals surface area contributed by atoms with Gasteiger partial charge in [0.25, 0.3) is 0 Å². The van der Waals surface area contributed by atoms with Crippen molar-refractivity contribution < 1.29 is 4.42 Å². The third-order valence-electron chi connectivity index (χ3n) is 11.2. The Hall–Kier alpha value is -7.63. The number of furan rings is 1. The van der Waals surface area contributed by atoms with E-state index in [4.69, 9.17) is 19.4 Å². The van der Waals surface area contributed by atoms with Crippen LogP contribution in [0, 0.1) is 0 Å². The van der Waals surface area contributed by atoms with Gasteiger partial charge in [-0.1, -0.05) is 146 Å². The summed E-state index contributed by atoms with van der Waals surface area (Å²) >= 11 is 0. The summed E-state index contributed by atoms with van der Waals surface area (Å²) in [5.41, 5.74) is 14.6. The van der Waals surface area contributed by atoms with Gasteiger partial charge in [-0.05, 0) is 63.4 Å². The third kappa shape index (κ3) is 4.64. The molecule has 4 aromatic heterocycles. The van der Waals surface area contributed by atoms with Crippen LogP contribution in [0.5, 0.6) is 0 Å². The summed E-state index contributed by atoms with van der Waals surface area (Å²) in [6.45, 7) is 0. The fourth-order valence-electron chi connectivity index (χ4n) is 8.56. The molecule has 0 aliphatic heterocycles. The number of imidazole rings is 1. The van der Waals surface area contributed by atoms with Crippen LogP contribution in [0.1, 0.15) is 0 Å². The van der Waals surface area contributed by atoms with E-state index in [1.165, 1.54) is 0 Å². The van der Waals surface area contributed by atoms with Gasteiger partial charge >= 0.3 is 0 Å². The lowest BCUT2D eigenvalue weighted by atomic mass is 9.91. The van der Waals surface area contributed by atoms with E-state index < -0.39 is 0 Å². The molecular weight excluding hydrogens is 685 g/mol. The Kier molecular flexibility index (Phi) is 6.56. The maximum absolute atomic E-state index is 6.36. The molecule has 0 N–H and O–H groups in total. The zero-order valence-electron chi connectivity index (χ0n) is 30.0. The molecule has 0 aliphatic rings. The highest BCUT2D eigenvalue weighted by Crippen LogP contribution is 2.42. The van der Waals surface area contributed by atoms with E-state index in [0.29, 0.717) is 0 Å². The molecule has 12 rings (SSSR count). The smallest absolute Gasteiger partial charge is 0.152 e. The highest BCUT2D eigenvalue weighted by Gasteiger charge is 2.20. The highest BCUT2D eigenvalue weighted by molar-refractivity contribution is 6.25. The van der Waals surface area contributed by atoms with Crippen molar-refractivity contribution in [2.75, 3.05) is 0 Å². The Morgan fingerprint density at radius 1 is 0.375 bits per heavy atom. The number of hydrogen-bond donors (Lipinski definition) is 0. The quantitative estimate of drug-likeness (QED) is 0.170.